The van der Waals surface area contributed by atoms with Crippen LogP contribution in [0.3, 0.4) is 0 Å². The summed E-state index contributed by atoms with van der Waals surface area (Å²) in [4.78, 5) is 2.21. The van der Waals surface area contributed by atoms with Gasteiger partial charge in [0.2, 0.25) is 0 Å². The monoisotopic (exact) mass is 373 g/mol. The highest BCUT2D eigenvalue weighted by molar-refractivity contribution is 7.55. The zero-order chi connectivity index (χ0) is 19.3. The Kier molecular flexibility index (Phi) is 7.23. The smallest absolute Gasteiger partial charge is 0.188 e. The summed E-state index contributed by atoms with van der Waals surface area (Å²) in [7, 11) is 6.43. The Morgan fingerprint density at radius 3 is 2.35 bits per heavy atom. The number of benzene rings is 2. The summed E-state index contributed by atoms with van der Waals surface area (Å²) < 4.78 is 11.1. The van der Waals surface area contributed by atoms with Crippen molar-refractivity contribution in [3.05, 3.63) is 53.1 Å². The highest BCUT2D eigenvalue weighted by atomic mass is 31.1. The quantitative estimate of drug-likeness (QED) is 0.542. The molecule has 26 heavy (non-hydrogen) atoms. The van der Waals surface area contributed by atoms with Crippen molar-refractivity contribution in [1.82, 2.24) is 4.90 Å². The molecule has 0 radical (unpaired) electrons. The van der Waals surface area contributed by atoms with Gasteiger partial charge in [-0.05, 0) is 54.5 Å². The van der Waals surface area contributed by atoms with Crippen LogP contribution in [-0.2, 0) is 16.7 Å². The molecule has 0 aliphatic carbocycles. The van der Waals surface area contributed by atoms with Crippen LogP contribution in [0.2, 0.25) is 0 Å². The molecular weight excluding hydrogens is 341 g/mol. The van der Waals surface area contributed by atoms with E-state index in [1.54, 1.807) is 7.11 Å². The summed E-state index contributed by atoms with van der Waals surface area (Å²) in [6, 6.07) is 13.2. The molecule has 1 unspecified atom stereocenters. The Labute approximate surface area is 160 Å². The van der Waals surface area contributed by atoms with E-state index in [-0.39, 0.29) is 12.2 Å². The lowest BCUT2D eigenvalue weighted by Gasteiger charge is -2.24. The first-order valence-electron chi connectivity index (χ1n) is 8.99. The molecule has 0 aromatic heterocycles. The minimum Gasteiger partial charge on any atom is -0.467 e. The van der Waals surface area contributed by atoms with Crippen LogP contribution in [0.1, 0.15) is 37.5 Å². The zero-order valence-electron chi connectivity index (χ0n) is 17.1. The Hall–Kier alpha value is -1.41. The topological polar surface area (TPSA) is 21.7 Å². The second-order valence-electron chi connectivity index (χ2n) is 7.99. The fourth-order valence-corrected chi connectivity index (χ4v) is 4.28. The number of aryl methyl sites for hydroxylation is 1. The van der Waals surface area contributed by atoms with E-state index in [1.165, 1.54) is 27.3 Å². The highest BCUT2D eigenvalue weighted by Gasteiger charge is 2.19. The summed E-state index contributed by atoms with van der Waals surface area (Å²) in [5.41, 5.74) is 3.98. The van der Waals surface area contributed by atoms with Gasteiger partial charge in [-0.3, -0.25) is 0 Å². The van der Waals surface area contributed by atoms with Gasteiger partial charge >= 0.3 is 0 Å². The summed E-state index contributed by atoms with van der Waals surface area (Å²) in [5.74, 6) is 0.956. The highest BCUT2D eigenvalue weighted by Crippen LogP contribution is 2.31. The molecule has 4 heteroatoms. The molecule has 0 aliphatic heterocycles. The van der Waals surface area contributed by atoms with Crippen LogP contribution in [0.25, 0.3) is 0 Å². The molecule has 142 valence electrons. The van der Waals surface area contributed by atoms with Gasteiger partial charge in [-0.2, -0.15) is 0 Å². The fourth-order valence-electron chi connectivity index (χ4n) is 2.88. The summed E-state index contributed by atoms with van der Waals surface area (Å²) >= 11 is 0. The molecule has 0 saturated carbocycles. The molecule has 0 aliphatic rings. The number of hydrogen-bond donors (Lipinski definition) is 0. The predicted molar refractivity (Wildman–Crippen MR) is 114 cm³/mol. The van der Waals surface area contributed by atoms with E-state index in [9.17, 15) is 0 Å². The van der Waals surface area contributed by atoms with E-state index < -0.39 is 0 Å². The third-order valence-electron chi connectivity index (χ3n) is 4.24. The van der Waals surface area contributed by atoms with Crippen molar-refractivity contribution in [3.63, 3.8) is 0 Å². The molecular formula is C22H32NO2P. The normalized spacial score (nSPS) is 12.3. The Bertz CT molecular complexity index is 735. The molecule has 0 N–H and O–H groups in total. The van der Waals surface area contributed by atoms with Gasteiger partial charge < -0.3 is 14.4 Å². The molecule has 0 spiro atoms. The number of nitrogens with zero attached hydrogens (tertiary/aromatic N) is 1. The summed E-state index contributed by atoms with van der Waals surface area (Å²) in [6.45, 7) is 10.1. The van der Waals surface area contributed by atoms with Crippen molar-refractivity contribution in [3.8, 4) is 5.75 Å². The standard InChI is InChI=1S/C22H32NO2P/c1-16-12-18(22(2,3)4)13-20(21(16)25-15-24-7)26-19-11-9-8-10-17(19)14-23(5)6/h8-13,26H,14-15H2,1-7H3. The van der Waals surface area contributed by atoms with E-state index in [1.807, 2.05) is 0 Å². The average molecular weight is 373 g/mol. The van der Waals surface area contributed by atoms with Gasteiger partial charge in [-0.15, -0.1) is 0 Å². The van der Waals surface area contributed by atoms with Crippen molar-refractivity contribution >= 4 is 19.2 Å². The number of hydrogen-bond acceptors (Lipinski definition) is 3. The minimum atomic E-state index is 0.104. The second-order valence-corrected chi connectivity index (χ2v) is 9.32. The summed E-state index contributed by atoms with van der Waals surface area (Å²) in [6.07, 6.45) is 0. The second kappa shape index (κ2) is 8.99. The van der Waals surface area contributed by atoms with Crippen molar-refractivity contribution in [2.45, 2.75) is 39.7 Å². The molecule has 0 bridgehead atoms. The van der Waals surface area contributed by atoms with Gasteiger partial charge in [-0.1, -0.05) is 59.7 Å². The Balaban J connectivity index is 2.48. The first kappa shape index (κ1) is 20.9. The van der Waals surface area contributed by atoms with Crippen LogP contribution in [0, 0.1) is 6.92 Å². The van der Waals surface area contributed by atoms with E-state index in [0.717, 1.165) is 12.3 Å². The molecule has 0 heterocycles. The number of rotatable bonds is 7. The van der Waals surface area contributed by atoms with E-state index in [0.29, 0.717) is 8.58 Å². The lowest BCUT2D eigenvalue weighted by Crippen LogP contribution is -2.20. The van der Waals surface area contributed by atoms with E-state index in [4.69, 9.17) is 9.47 Å². The largest absolute Gasteiger partial charge is 0.467 e. The van der Waals surface area contributed by atoms with Crippen LogP contribution < -0.4 is 15.3 Å². The maximum Gasteiger partial charge on any atom is 0.188 e. The predicted octanol–water partition coefficient (Wildman–Crippen LogP) is 3.97. The van der Waals surface area contributed by atoms with Crippen LogP contribution in [0.5, 0.6) is 5.75 Å². The molecule has 0 saturated heterocycles. The van der Waals surface area contributed by atoms with E-state index in [2.05, 4.69) is 83.1 Å². The molecule has 2 aromatic rings. The van der Waals surface area contributed by atoms with E-state index >= 15 is 0 Å². The molecule has 1 atom stereocenters. The lowest BCUT2D eigenvalue weighted by atomic mass is 9.86. The summed E-state index contributed by atoms with van der Waals surface area (Å²) in [5, 5.41) is 2.62. The zero-order valence-corrected chi connectivity index (χ0v) is 18.1. The molecule has 2 rings (SSSR count). The van der Waals surface area contributed by atoms with Gasteiger partial charge in [0.05, 0.1) is 0 Å². The van der Waals surface area contributed by atoms with Crippen LogP contribution in [0.15, 0.2) is 36.4 Å². The van der Waals surface area contributed by atoms with Gasteiger partial charge in [0.15, 0.2) is 6.79 Å². The lowest BCUT2D eigenvalue weighted by molar-refractivity contribution is 0.0514. The fraction of sp³-hybridized carbons (Fsp3) is 0.455. The Morgan fingerprint density at radius 2 is 1.73 bits per heavy atom. The van der Waals surface area contributed by atoms with Gasteiger partial charge in [0, 0.05) is 19.0 Å². The average Bonchev–Trinajstić information content (AvgIpc) is 2.54. The number of ether oxygens (including phenoxy) is 2. The first-order valence-corrected chi connectivity index (χ1v) is 9.99. The first-order chi connectivity index (χ1) is 12.2. The third kappa shape index (κ3) is 5.54. The maximum absolute atomic E-state index is 5.95. The van der Waals surface area contributed by atoms with Gasteiger partial charge in [-0.25, -0.2) is 0 Å². The third-order valence-corrected chi connectivity index (χ3v) is 5.63. The minimum absolute atomic E-state index is 0.104. The van der Waals surface area contributed by atoms with Crippen molar-refractivity contribution in [2.75, 3.05) is 28.0 Å². The molecule has 0 amide bonds. The van der Waals surface area contributed by atoms with Gasteiger partial charge in [0.1, 0.15) is 5.75 Å². The van der Waals surface area contributed by atoms with Gasteiger partial charge in [0.25, 0.3) is 0 Å². The van der Waals surface area contributed by atoms with Crippen molar-refractivity contribution in [1.29, 1.82) is 0 Å². The molecule has 3 nitrogen and oxygen atoms in total. The molecule has 0 fully saturated rings. The van der Waals surface area contributed by atoms with Crippen LogP contribution in [0.4, 0.5) is 0 Å². The maximum atomic E-state index is 5.95. The van der Waals surface area contributed by atoms with Crippen molar-refractivity contribution in [2.24, 2.45) is 0 Å². The van der Waals surface area contributed by atoms with Crippen molar-refractivity contribution < 1.29 is 9.47 Å². The van der Waals surface area contributed by atoms with Crippen LogP contribution in [-0.4, -0.2) is 32.9 Å². The Morgan fingerprint density at radius 1 is 1.04 bits per heavy atom. The van der Waals surface area contributed by atoms with Crippen LogP contribution >= 0.6 is 8.58 Å². The SMILES string of the molecule is COCOc1c(C)cc(C(C)(C)C)cc1Pc1ccccc1CN(C)C. The molecule has 2 aromatic carbocycles. The number of methoxy groups -OCH3 is 1.